The van der Waals surface area contributed by atoms with Gasteiger partial charge in [0.2, 0.25) is 5.91 Å². The molecule has 3 rings (SSSR count). The molecule has 0 spiro atoms. The summed E-state index contributed by atoms with van der Waals surface area (Å²) in [5.41, 5.74) is 1.58. The predicted molar refractivity (Wildman–Crippen MR) is 116 cm³/mol. The van der Waals surface area contributed by atoms with Crippen molar-refractivity contribution in [3.63, 3.8) is 0 Å². The van der Waals surface area contributed by atoms with E-state index in [-0.39, 0.29) is 23.3 Å². The zero-order chi connectivity index (χ0) is 21.7. The summed E-state index contributed by atoms with van der Waals surface area (Å²) < 4.78 is 3.92. The maximum Gasteiger partial charge on any atom is 0.267 e. The lowest BCUT2D eigenvalue weighted by Gasteiger charge is -2.34. The normalized spacial score (nSPS) is 24.1. The molecule has 0 unspecified atom stereocenters. The smallest absolute Gasteiger partial charge is 0.267 e. The topological polar surface area (TPSA) is 95.4 Å². The Bertz CT molecular complexity index is 872. The molecule has 2 N–H and O–H groups in total. The van der Waals surface area contributed by atoms with E-state index in [2.05, 4.69) is 27.0 Å². The van der Waals surface area contributed by atoms with Gasteiger partial charge in [-0.05, 0) is 49.2 Å². The van der Waals surface area contributed by atoms with Crippen LogP contribution in [0, 0.1) is 0 Å². The van der Waals surface area contributed by atoms with Crippen LogP contribution in [0.15, 0.2) is 30.3 Å². The first kappa shape index (κ1) is 22.4. The predicted octanol–water partition coefficient (Wildman–Crippen LogP) is 2.55. The van der Waals surface area contributed by atoms with Gasteiger partial charge < -0.3 is 15.3 Å². The lowest BCUT2D eigenvalue weighted by Crippen LogP contribution is -2.44. The summed E-state index contributed by atoms with van der Waals surface area (Å²) in [5.74, 6) is -0.205. The van der Waals surface area contributed by atoms with Crippen molar-refractivity contribution in [1.29, 1.82) is 0 Å². The van der Waals surface area contributed by atoms with Gasteiger partial charge in [0.25, 0.3) is 5.91 Å². The third kappa shape index (κ3) is 4.70. The first-order valence-electron chi connectivity index (χ1n) is 10.4. The molecule has 1 saturated carbocycles. The molecule has 8 heteroatoms. The quantitative estimate of drug-likeness (QED) is 0.687. The summed E-state index contributed by atoms with van der Waals surface area (Å²) in [4.78, 5) is 26.9. The third-order valence-corrected chi connectivity index (χ3v) is 7.00. The number of aliphatic hydroxyl groups is 1. The maximum absolute atomic E-state index is 13.1. The number of rotatable bonds is 6. The zero-order valence-corrected chi connectivity index (χ0v) is 18.6. The number of benzene rings is 1. The van der Waals surface area contributed by atoms with E-state index in [1.807, 2.05) is 25.1 Å². The molecule has 1 fully saturated rings. The van der Waals surface area contributed by atoms with Crippen LogP contribution >= 0.6 is 11.5 Å². The number of hydrogen-bond donors (Lipinski definition) is 2. The van der Waals surface area contributed by atoms with E-state index >= 15 is 0 Å². The molecule has 30 heavy (non-hydrogen) atoms. The Balaban J connectivity index is 1.83. The molecule has 0 saturated heterocycles. The van der Waals surface area contributed by atoms with Gasteiger partial charge >= 0.3 is 0 Å². The highest BCUT2D eigenvalue weighted by molar-refractivity contribution is 7.08. The summed E-state index contributed by atoms with van der Waals surface area (Å²) in [6, 6.07) is 9.85. The molecule has 7 nitrogen and oxygen atoms in total. The molecule has 0 bridgehead atoms. The summed E-state index contributed by atoms with van der Waals surface area (Å²) in [7, 11) is 1.75. The lowest BCUT2D eigenvalue weighted by molar-refractivity contribution is -0.119. The van der Waals surface area contributed by atoms with Gasteiger partial charge in [0, 0.05) is 25.9 Å². The fraction of sp³-hybridized carbons (Fsp3) is 0.545. The number of nitrogens with zero attached hydrogens (tertiary/aromatic N) is 3. The molecular weight excluding hydrogens is 400 g/mol. The van der Waals surface area contributed by atoms with Crippen LogP contribution in [0.2, 0.25) is 0 Å². The van der Waals surface area contributed by atoms with E-state index in [4.69, 9.17) is 0 Å². The summed E-state index contributed by atoms with van der Waals surface area (Å²) in [6.07, 6.45) is 2.71. The molecule has 1 aliphatic carbocycles. The van der Waals surface area contributed by atoms with Crippen molar-refractivity contribution in [2.45, 2.75) is 63.5 Å². The minimum atomic E-state index is -0.632. The Hall–Kier alpha value is -2.32. The second-order valence-electron chi connectivity index (χ2n) is 8.09. The summed E-state index contributed by atoms with van der Waals surface area (Å²) in [5, 5.41) is 18.0. The third-order valence-electron chi connectivity index (χ3n) is 6.25. The van der Waals surface area contributed by atoms with Gasteiger partial charge in [-0.2, -0.15) is 0 Å². The van der Waals surface area contributed by atoms with Crippen LogP contribution in [0.25, 0.3) is 0 Å². The molecule has 2 amide bonds. The number of amides is 2. The monoisotopic (exact) mass is 430 g/mol. The highest BCUT2D eigenvalue weighted by Crippen LogP contribution is 2.39. The molecule has 1 aromatic heterocycles. The van der Waals surface area contributed by atoms with Crippen molar-refractivity contribution in [2.75, 3.05) is 13.6 Å². The molecule has 1 aliphatic rings. The first-order valence-corrected chi connectivity index (χ1v) is 11.2. The fourth-order valence-electron chi connectivity index (χ4n) is 4.38. The number of aromatic nitrogens is 2. The maximum atomic E-state index is 13.1. The van der Waals surface area contributed by atoms with Gasteiger partial charge in [0.05, 0.1) is 17.8 Å². The average molecular weight is 431 g/mol. The molecular formula is C22H30N4O3S. The Morgan fingerprint density at radius 1 is 1.27 bits per heavy atom. The van der Waals surface area contributed by atoms with E-state index in [0.29, 0.717) is 36.4 Å². The Morgan fingerprint density at radius 2 is 1.97 bits per heavy atom. The van der Waals surface area contributed by atoms with Crippen LogP contribution < -0.4 is 5.32 Å². The second kappa shape index (κ2) is 9.66. The van der Waals surface area contributed by atoms with E-state index in [1.54, 1.807) is 11.9 Å². The van der Waals surface area contributed by atoms with Gasteiger partial charge in [-0.1, -0.05) is 41.7 Å². The van der Waals surface area contributed by atoms with E-state index in [9.17, 15) is 14.7 Å². The van der Waals surface area contributed by atoms with Crippen LogP contribution in [0.3, 0.4) is 0 Å². The van der Waals surface area contributed by atoms with Crippen LogP contribution in [0.1, 0.15) is 60.5 Å². The number of carbonyl (C=O) groups excluding carboxylic acids is 2. The Kier molecular flexibility index (Phi) is 7.20. The number of likely N-dealkylation sites (N-methyl/N-ethyl adjacent to an activating group) is 1. The summed E-state index contributed by atoms with van der Waals surface area (Å²) >= 11 is 1.11. The van der Waals surface area contributed by atoms with Gasteiger partial charge in [0.1, 0.15) is 4.88 Å². The molecule has 162 valence electrons. The standard InChI is InChI=1S/C22H30N4O3S/c1-4-17-20(30-25-24-17)21(29)26(3)18-10-12-22(13-11-19(18)28,14-23-15(2)27)16-8-6-5-7-9-16/h5-9,18-19,28H,4,10-14H2,1-3H3,(H,23,27)/t18-,19-,22+/m0/s1. The molecule has 1 aromatic carbocycles. The molecule has 1 heterocycles. The van der Waals surface area contributed by atoms with Gasteiger partial charge in [0.15, 0.2) is 0 Å². The molecule has 2 aromatic rings. The minimum Gasteiger partial charge on any atom is -0.391 e. The zero-order valence-electron chi connectivity index (χ0n) is 17.8. The minimum absolute atomic E-state index is 0.0660. The number of aliphatic hydroxyl groups excluding tert-OH is 1. The second-order valence-corrected chi connectivity index (χ2v) is 8.84. The number of carbonyl (C=O) groups is 2. The van der Waals surface area contributed by atoms with Crippen LogP contribution in [0.5, 0.6) is 0 Å². The highest BCUT2D eigenvalue weighted by Gasteiger charge is 2.40. The van der Waals surface area contributed by atoms with Crippen molar-refractivity contribution in [1.82, 2.24) is 19.8 Å². The van der Waals surface area contributed by atoms with Gasteiger partial charge in [-0.15, -0.1) is 5.10 Å². The molecule has 0 radical (unpaired) electrons. The number of nitrogens with one attached hydrogen (secondary N) is 1. The van der Waals surface area contributed by atoms with Gasteiger partial charge in [-0.25, -0.2) is 0 Å². The summed E-state index contributed by atoms with van der Waals surface area (Å²) in [6.45, 7) is 3.99. The van der Waals surface area contributed by atoms with Crippen LogP contribution in [0.4, 0.5) is 0 Å². The molecule has 0 aliphatic heterocycles. The SMILES string of the molecule is CCc1nnsc1C(=O)N(C)[C@H]1CC[C@@](CNC(C)=O)(c2ccccc2)CC[C@@H]1O. The lowest BCUT2D eigenvalue weighted by atomic mass is 9.74. The van der Waals surface area contributed by atoms with Crippen molar-refractivity contribution >= 4 is 23.3 Å². The largest absolute Gasteiger partial charge is 0.391 e. The van der Waals surface area contributed by atoms with Crippen molar-refractivity contribution < 1.29 is 14.7 Å². The van der Waals surface area contributed by atoms with Crippen LogP contribution in [-0.2, 0) is 16.6 Å². The fourth-order valence-corrected chi connectivity index (χ4v) is 5.11. The number of hydrogen-bond acceptors (Lipinski definition) is 6. The first-order chi connectivity index (χ1) is 14.4. The molecule has 3 atom stereocenters. The number of aryl methyl sites for hydroxylation is 1. The Labute approximate surface area is 181 Å². The van der Waals surface area contributed by atoms with Crippen molar-refractivity contribution in [3.8, 4) is 0 Å². The van der Waals surface area contributed by atoms with Crippen molar-refractivity contribution in [2.24, 2.45) is 0 Å². The Morgan fingerprint density at radius 3 is 2.63 bits per heavy atom. The van der Waals surface area contributed by atoms with Crippen molar-refractivity contribution in [3.05, 3.63) is 46.5 Å². The average Bonchev–Trinajstić information content (AvgIpc) is 3.17. The van der Waals surface area contributed by atoms with E-state index in [0.717, 1.165) is 29.9 Å². The van der Waals surface area contributed by atoms with E-state index in [1.165, 1.54) is 6.92 Å². The highest BCUT2D eigenvalue weighted by atomic mass is 32.1. The van der Waals surface area contributed by atoms with Gasteiger partial charge in [-0.3, -0.25) is 9.59 Å². The van der Waals surface area contributed by atoms with E-state index < -0.39 is 6.10 Å². The van der Waals surface area contributed by atoms with Crippen LogP contribution in [-0.4, -0.2) is 57.1 Å².